The maximum absolute atomic E-state index is 13.8. The number of para-hydroxylation sites is 1. The first-order chi connectivity index (χ1) is 8.86. The summed E-state index contributed by atoms with van der Waals surface area (Å²) in [6.45, 7) is 3.03. The molecule has 0 saturated heterocycles. The van der Waals surface area contributed by atoms with Gasteiger partial charge in [-0.15, -0.1) is 0 Å². The fourth-order valence-corrected chi connectivity index (χ4v) is 1.70. The van der Waals surface area contributed by atoms with E-state index in [-0.39, 0.29) is 17.9 Å². The Labute approximate surface area is 110 Å². The maximum Gasteiger partial charge on any atom is 0.379 e. The van der Waals surface area contributed by atoms with Crippen LogP contribution < -0.4 is 5.73 Å². The van der Waals surface area contributed by atoms with Crippen molar-refractivity contribution in [1.82, 2.24) is 0 Å². The molecule has 4 nitrogen and oxygen atoms in total. The topological polar surface area (TPSA) is 72.5 Å². The first-order valence-corrected chi connectivity index (χ1v) is 5.97. The summed E-state index contributed by atoms with van der Waals surface area (Å²) in [6.07, 6.45) is 0.470. The molecular formula is C13H17F2NO3. The Hall–Kier alpha value is -1.69. The van der Waals surface area contributed by atoms with Gasteiger partial charge in [-0.25, -0.2) is 4.79 Å². The average Bonchev–Trinajstić information content (AvgIpc) is 2.38. The molecule has 1 rings (SSSR count). The number of hydrogen-bond donors (Lipinski definition) is 2. The van der Waals surface area contributed by atoms with Crippen molar-refractivity contribution in [2.24, 2.45) is 5.73 Å². The molecule has 0 bridgehead atoms. The molecule has 19 heavy (non-hydrogen) atoms. The molecule has 0 unspecified atom stereocenters. The van der Waals surface area contributed by atoms with Crippen molar-refractivity contribution in [2.45, 2.75) is 32.2 Å². The summed E-state index contributed by atoms with van der Waals surface area (Å²) in [5.41, 5.74) is 5.74. The van der Waals surface area contributed by atoms with Crippen LogP contribution in [0.25, 0.3) is 0 Å². The van der Waals surface area contributed by atoms with Crippen LogP contribution in [0, 0.1) is 0 Å². The predicted molar refractivity (Wildman–Crippen MR) is 66.0 cm³/mol. The number of aromatic hydroxyl groups is 1. The third kappa shape index (κ3) is 3.01. The number of halogens is 2. The molecule has 0 radical (unpaired) electrons. The Morgan fingerprint density at radius 1 is 1.47 bits per heavy atom. The fraction of sp³-hybridized carbons (Fsp3) is 0.462. The number of esters is 1. The lowest BCUT2D eigenvalue weighted by Gasteiger charge is -2.23. The van der Waals surface area contributed by atoms with Gasteiger partial charge in [0.1, 0.15) is 11.8 Å². The summed E-state index contributed by atoms with van der Waals surface area (Å²) < 4.78 is 31.9. The van der Waals surface area contributed by atoms with Gasteiger partial charge in [-0.2, -0.15) is 8.78 Å². The van der Waals surface area contributed by atoms with Gasteiger partial charge in [0.15, 0.2) is 0 Å². The molecule has 0 saturated carbocycles. The van der Waals surface area contributed by atoms with E-state index in [4.69, 9.17) is 5.73 Å². The summed E-state index contributed by atoms with van der Waals surface area (Å²) in [5, 5.41) is 9.87. The quantitative estimate of drug-likeness (QED) is 0.806. The standard InChI is InChI=1S/C13H17F2NO3/c1-3-8-6-5-7-9(10(8)17)11(16)13(14,15)12(18)19-4-2/h5-7,11,17H,3-4,16H2,1-2H3/t11-/m0/s1. The maximum atomic E-state index is 13.8. The molecular weight excluding hydrogens is 256 g/mol. The van der Waals surface area contributed by atoms with E-state index in [0.717, 1.165) is 0 Å². The lowest BCUT2D eigenvalue weighted by molar-refractivity contribution is -0.174. The number of nitrogens with two attached hydrogens (primary N) is 1. The highest BCUT2D eigenvalue weighted by Crippen LogP contribution is 2.36. The Bertz CT molecular complexity index is 463. The van der Waals surface area contributed by atoms with Gasteiger partial charge in [0, 0.05) is 5.56 Å². The van der Waals surface area contributed by atoms with E-state index in [2.05, 4.69) is 4.74 Å². The molecule has 0 heterocycles. The first-order valence-electron chi connectivity index (χ1n) is 5.97. The van der Waals surface area contributed by atoms with Gasteiger partial charge in [0.2, 0.25) is 0 Å². The van der Waals surface area contributed by atoms with Crippen molar-refractivity contribution in [2.75, 3.05) is 6.61 Å². The van der Waals surface area contributed by atoms with Gasteiger partial charge < -0.3 is 15.6 Å². The average molecular weight is 273 g/mol. The van der Waals surface area contributed by atoms with Gasteiger partial charge in [0.05, 0.1) is 6.61 Å². The van der Waals surface area contributed by atoms with Crippen LogP contribution >= 0.6 is 0 Å². The van der Waals surface area contributed by atoms with E-state index in [1.807, 2.05) is 0 Å². The summed E-state index contributed by atoms with van der Waals surface area (Å²) >= 11 is 0. The normalized spacial score (nSPS) is 13.1. The van der Waals surface area contributed by atoms with Gasteiger partial charge in [-0.3, -0.25) is 0 Å². The zero-order chi connectivity index (χ0) is 14.6. The van der Waals surface area contributed by atoms with Crippen molar-refractivity contribution in [3.63, 3.8) is 0 Å². The molecule has 1 aromatic rings. The molecule has 0 amide bonds. The van der Waals surface area contributed by atoms with Crippen LogP contribution in [-0.4, -0.2) is 23.6 Å². The van der Waals surface area contributed by atoms with Crippen molar-refractivity contribution < 1.29 is 23.4 Å². The number of ether oxygens (including phenoxy) is 1. The highest BCUT2D eigenvalue weighted by molar-refractivity contribution is 5.79. The largest absolute Gasteiger partial charge is 0.507 e. The second-order valence-electron chi connectivity index (χ2n) is 4.03. The SMILES string of the molecule is CCOC(=O)C(F)(F)[C@@H](N)c1cccc(CC)c1O. The molecule has 0 spiro atoms. The van der Waals surface area contributed by atoms with Gasteiger partial charge in [-0.05, 0) is 18.9 Å². The molecule has 0 aliphatic rings. The molecule has 1 aromatic carbocycles. The van der Waals surface area contributed by atoms with E-state index >= 15 is 0 Å². The van der Waals surface area contributed by atoms with Gasteiger partial charge >= 0.3 is 11.9 Å². The lowest BCUT2D eigenvalue weighted by atomic mass is 9.97. The first kappa shape index (κ1) is 15.4. The molecule has 6 heteroatoms. The molecule has 0 fully saturated rings. The molecule has 1 atom stereocenters. The second kappa shape index (κ2) is 5.97. The number of rotatable bonds is 5. The Morgan fingerprint density at radius 2 is 2.11 bits per heavy atom. The highest BCUT2D eigenvalue weighted by atomic mass is 19.3. The zero-order valence-electron chi connectivity index (χ0n) is 10.8. The third-order valence-corrected chi connectivity index (χ3v) is 2.80. The molecule has 106 valence electrons. The number of phenolic OH excluding ortho intramolecular Hbond substituents is 1. The number of hydrogen-bond acceptors (Lipinski definition) is 4. The predicted octanol–water partition coefficient (Wildman–Crippen LogP) is 2.15. The van der Waals surface area contributed by atoms with Crippen LogP contribution in [0.15, 0.2) is 18.2 Å². The van der Waals surface area contributed by atoms with Gasteiger partial charge in [0.25, 0.3) is 0 Å². The van der Waals surface area contributed by atoms with Gasteiger partial charge in [-0.1, -0.05) is 25.1 Å². The Balaban J connectivity index is 3.12. The van der Waals surface area contributed by atoms with E-state index in [9.17, 15) is 18.7 Å². The molecule has 0 aliphatic carbocycles. The zero-order valence-corrected chi connectivity index (χ0v) is 10.8. The summed E-state index contributed by atoms with van der Waals surface area (Å²) in [7, 11) is 0. The highest BCUT2D eigenvalue weighted by Gasteiger charge is 2.48. The number of aryl methyl sites for hydroxylation is 1. The van der Waals surface area contributed by atoms with Crippen molar-refractivity contribution >= 4 is 5.97 Å². The van der Waals surface area contributed by atoms with Crippen LogP contribution in [0.1, 0.15) is 31.0 Å². The minimum Gasteiger partial charge on any atom is -0.507 e. The fourth-order valence-electron chi connectivity index (χ4n) is 1.70. The van der Waals surface area contributed by atoms with E-state index in [0.29, 0.717) is 12.0 Å². The number of carbonyl (C=O) groups is 1. The Morgan fingerprint density at radius 3 is 2.63 bits per heavy atom. The second-order valence-corrected chi connectivity index (χ2v) is 4.03. The molecule has 0 aliphatic heterocycles. The number of alkyl halides is 2. The van der Waals surface area contributed by atoms with Crippen molar-refractivity contribution in [3.8, 4) is 5.75 Å². The molecule has 3 N–H and O–H groups in total. The summed E-state index contributed by atoms with van der Waals surface area (Å²) in [6, 6.07) is 2.44. The number of carbonyl (C=O) groups excluding carboxylic acids is 1. The van der Waals surface area contributed by atoms with Crippen LogP contribution in [0.3, 0.4) is 0 Å². The van der Waals surface area contributed by atoms with Crippen LogP contribution in [0.2, 0.25) is 0 Å². The third-order valence-electron chi connectivity index (χ3n) is 2.80. The smallest absolute Gasteiger partial charge is 0.379 e. The Kier molecular flexibility index (Phi) is 4.83. The van der Waals surface area contributed by atoms with E-state index in [1.165, 1.54) is 19.1 Å². The van der Waals surface area contributed by atoms with Crippen LogP contribution in [0.4, 0.5) is 8.78 Å². The van der Waals surface area contributed by atoms with Crippen LogP contribution in [-0.2, 0) is 16.0 Å². The summed E-state index contributed by atoms with van der Waals surface area (Å²) in [4.78, 5) is 11.2. The summed E-state index contributed by atoms with van der Waals surface area (Å²) in [5.74, 6) is -5.88. The minimum absolute atomic E-state index is 0.165. The lowest BCUT2D eigenvalue weighted by Crippen LogP contribution is -2.41. The number of benzene rings is 1. The number of phenols is 1. The van der Waals surface area contributed by atoms with Crippen molar-refractivity contribution in [3.05, 3.63) is 29.3 Å². The molecule has 0 aromatic heterocycles. The van der Waals surface area contributed by atoms with Crippen LogP contribution in [0.5, 0.6) is 5.75 Å². The van der Waals surface area contributed by atoms with E-state index < -0.39 is 17.9 Å². The van der Waals surface area contributed by atoms with Crippen molar-refractivity contribution in [1.29, 1.82) is 0 Å². The van der Waals surface area contributed by atoms with E-state index in [1.54, 1.807) is 13.0 Å². The minimum atomic E-state index is -3.89. The monoisotopic (exact) mass is 273 g/mol.